The van der Waals surface area contributed by atoms with Crippen LogP contribution in [-0.2, 0) is 58.1 Å². The molecule has 0 aliphatic carbocycles. The third-order valence-electron chi connectivity index (χ3n) is 13.9. The highest BCUT2D eigenvalue weighted by molar-refractivity contribution is 5.88. The number of aliphatic hydroxyl groups excluding tert-OH is 2. The van der Waals surface area contributed by atoms with Crippen LogP contribution in [-0.4, -0.2) is 143 Å². The van der Waals surface area contributed by atoms with Gasteiger partial charge < -0.3 is 45.4 Å². The fraction of sp³-hybridized carbons (Fsp3) is 0.375. The molecule has 6 aromatic carbocycles. The average molecular weight is 1130 g/mol. The minimum atomic E-state index is -1.45. The van der Waals surface area contributed by atoms with Gasteiger partial charge in [-0.05, 0) is 112 Å². The molecule has 82 heavy (non-hydrogen) atoms. The van der Waals surface area contributed by atoms with Crippen LogP contribution in [0.3, 0.4) is 0 Å². The summed E-state index contributed by atoms with van der Waals surface area (Å²) < 4.78 is 39.5. The number of carbonyl (C=O) groups excluding carboxylic acids is 4. The lowest BCUT2D eigenvalue weighted by Gasteiger charge is -2.46. The fourth-order valence-corrected chi connectivity index (χ4v) is 10.2. The van der Waals surface area contributed by atoms with Gasteiger partial charge in [0, 0.05) is 78.0 Å². The summed E-state index contributed by atoms with van der Waals surface area (Å²) in [5.74, 6) is -2.63. The first-order chi connectivity index (χ1) is 38.9. The summed E-state index contributed by atoms with van der Waals surface area (Å²) in [6.07, 6.45) is -4.24. The van der Waals surface area contributed by atoms with E-state index in [4.69, 9.17) is 15.2 Å². The number of amides is 4. The number of halogens is 2. The molecule has 18 heteroatoms. The summed E-state index contributed by atoms with van der Waals surface area (Å²) in [7, 11) is 0. The Morgan fingerprint density at radius 3 is 1.27 bits per heavy atom. The highest BCUT2D eigenvalue weighted by Gasteiger charge is 2.48. The normalized spacial score (nSPS) is 17.4. The van der Waals surface area contributed by atoms with Gasteiger partial charge in [0.15, 0.2) is 0 Å². The predicted octanol–water partition coefficient (Wildman–Crippen LogP) is 8.81. The van der Waals surface area contributed by atoms with Crippen molar-refractivity contribution in [3.63, 3.8) is 0 Å². The Bertz CT molecular complexity index is 2980. The van der Waals surface area contributed by atoms with Gasteiger partial charge in [-0.1, -0.05) is 121 Å². The second kappa shape index (κ2) is 27.7. The number of ether oxygens (including phenoxy) is 2. The number of hydrogen-bond donors (Lipinski definition) is 5. The number of carbonyl (C=O) groups is 4. The van der Waals surface area contributed by atoms with Crippen LogP contribution in [0.2, 0.25) is 0 Å². The highest BCUT2D eigenvalue weighted by atomic mass is 19.1. The fourth-order valence-electron chi connectivity index (χ4n) is 10.2. The van der Waals surface area contributed by atoms with Gasteiger partial charge in [0.1, 0.15) is 46.4 Å². The average Bonchev–Trinajstić information content (AvgIpc) is 3.43. The Kier molecular flexibility index (Phi) is 20.9. The molecule has 6 N–H and O–H groups in total. The molecule has 0 saturated carbocycles. The standard InChI is InChI=1S/C39H44FN3O5.C25H32FN3O5.H2/c1-39(2,3)48-38(47)43-20-19-41(25-28-13-7-4-8-14-28)37(46)35(43)36(45)34(23-31-21-32(40)24-33(44)22-31)42(26-29-15-9-5-10-16-29)27-30-17-11-6-12-18-30;1-25(2,3)34-24(33)29-10-9-28(15-16-7-5-4-6-8-16)23(32)21(29)22(31)20(27)13-17-11-18(26)14-19(30)12-17;/h4-18,21-22,24,34-36,44-45H,19-20,23,25-27H2,1-3H3;4-8,11-12,14,20-22,30-31H,9-10,13,15,27H2,1-3H3;1H/t34-,35-,36-;20-,21-,22-;/m00./s1. The Morgan fingerprint density at radius 1 is 0.549 bits per heavy atom. The molecule has 0 spiro atoms. The van der Waals surface area contributed by atoms with Crippen LogP contribution in [0.5, 0.6) is 11.5 Å². The van der Waals surface area contributed by atoms with Crippen LogP contribution < -0.4 is 5.73 Å². The Balaban J connectivity index is 0.000000279. The number of phenols is 2. The number of nitrogens with zero attached hydrogens (tertiary/aromatic N) is 5. The minimum absolute atomic E-state index is 0. The van der Waals surface area contributed by atoms with Gasteiger partial charge in [-0.25, -0.2) is 18.4 Å². The zero-order valence-electron chi connectivity index (χ0n) is 47.4. The van der Waals surface area contributed by atoms with Crippen LogP contribution in [0.4, 0.5) is 18.4 Å². The third-order valence-corrected chi connectivity index (χ3v) is 13.9. The Labute approximate surface area is 480 Å². The number of phenolic OH excluding ortho intramolecular Hbond substituents is 2. The van der Waals surface area contributed by atoms with Crippen molar-refractivity contribution in [1.29, 1.82) is 0 Å². The number of rotatable bonds is 17. The number of hydrogen-bond acceptors (Lipinski definition) is 12. The van der Waals surface area contributed by atoms with Crippen LogP contribution >= 0.6 is 0 Å². The first kappa shape index (κ1) is 61.7. The number of aromatic hydroxyl groups is 2. The van der Waals surface area contributed by atoms with E-state index >= 15 is 0 Å². The maximum atomic E-state index is 14.6. The summed E-state index contributed by atoms with van der Waals surface area (Å²) in [4.78, 5) is 62.4. The van der Waals surface area contributed by atoms with E-state index in [9.17, 15) is 48.4 Å². The second-order valence-corrected chi connectivity index (χ2v) is 22.9. The number of piperazine rings is 2. The SMILES string of the molecule is CC(C)(C)OC(=O)N1CCN(Cc2ccccc2)C(=O)[C@@H]1[C@@H](O)[C@@H](N)Cc1cc(O)cc(F)c1.CC(C)(C)OC(=O)N1CCN(Cc2ccccc2)C(=O)[C@@H]1[C@@H](O)[C@H](Cc1cc(O)cc(F)c1)N(Cc1ccccc1)Cc1ccccc1.[HH]. The highest BCUT2D eigenvalue weighted by Crippen LogP contribution is 2.30. The summed E-state index contributed by atoms with van der Waals surface area (Å²) in [5, 5.41) is 43.6. The zero-order valence-corrected chi connectivity index (χ0v) is 47.4. The largest absolute Gasteiger partial charge is 0.508 e. The van der Waals surface area contributed by atoms with Crippen molar-refractivity contribution in [2.24, 2.45) is 5.73 Å². The summed E-state index contributed by atoms with van der Waals surface area (Å²) in [6.45, 7) is 12.6. The summed E-state index contributed by atoms with van der Waals surface area (Å²) >= 11 is 0. The van der Waals surface area contributed by atoms with E-state index in [1.807, 2.05) is 126 Å². The topological polar surface area (TPSA) is 210 Å². The molecule has 2 fully saturated rings. The smallest absolute Gasteiger partial charge is 0.411 e. The molecular weight excluding hydrogens is 1050 g/mol. The lowest BCUT2D eigenvalue weighted by Crippen LogP contribution is -2.66. The molecule has 16 nitrogen and oxygen atoms in total. The van der Waals surface area contributed by atoms with Gasteiger partial charge in [0.25, 0.3) is 0 Å². The molecule has 0 unspecified atom stereocenters. The van der Waals surface area contributed by atoms with Gasteiger partial charge in [-0.15, -0.1) is 0 Å². The van der Waals surface area contributed by atoms with Gasteiger partial charge in [0.2, 0.25) is 11.8 Å². The van der Waals surface area contributed by atoms with E-state index in [1.54, 1.807) is 51.3 Å². The molecule has 6 aromatic rings. The Hall–Kier alpha value is -7.90. The number of benzene rings is 6. The van der Waals surface area contributed by atoms with Crippen LogP contribution in [0.1, 0.15) is 76.3 Å². The first-order valence-corrected chi connectivity index (χ1v) is 27.5. The second-order valence-electron chi connectivity index (χ2n) is 22.9. The number of nitrogens with two attached hydrogens (primary N) is 1. The summed E-state index contributed by atoms with van der Waals surface area (Å²) in [5.41, 5.74) is 9.17. The minimum Gasteiger partial charge on any atom is -0.508 e. The van der Waals surface area contributed by atoms with Crippen molar-refractivity contribution in [3.8, 4) is 11.5 Å². The molecule has 0 aromatic heterocycles. The predicted molar refractivity (Wildman–Crippen MR) is 309 cm³/mol. The van der Waals surface area contributed by atoms with Crippen molar-refractivity contribution in [2.75, 3.05) is 26.2 Å². The maximum Gasteiger partial charge on any atom is 0.411 e. The van der Waals surface area contributed by atoms with Crippen LogP contribution in [0.25, 0.3) is 0 Å². The van der Waals surface area contributed by atoms with E-state index in [0.29, 0.717) is 37.3 Å². The van der Waals surface area contributed by atoms with Crippen LogP contribution in [0, 0.1) is 11.6 Å². The van der Waals surface area contributed by atoms with E-state index in [-0.39, 0.29) is 51.9 Å². The van der Waals surface area contributed by atoms with Gasteiger partial charge in [0.05, 0.1) is 12.2 Å². The van der Waals surface area contributed by atoms with Gasteiger partial charge in [-0.3, -0.25) is 24.3 Å². The maximum absolute atomic E-state index is 14.6. The molecule has 0 radical (unpaired) electrons. The Morgan fingerprint density at radius 2 is 0.902 bits per heavy atom. The van der Waals surface area contributed by atoms with E-state index < -0.39 is 83.2 Å². The molecule has 2 saturated heterocycles. The monoisotopic (exact) mass is 1130 g/mol. The van der Waals surface area contributed by atoms with E-state index in [2.05, 4.69) is 0 Å². The van der Waals surface area contributed by atoms with E-state index in [0.717, 1.165) is 34.4 Å². The molecule has 2 aliphatic heterocycles. The van der Waals surface area contributed by atoms with Crippen molar-refractivity contribution >= 4 is 24.0 Å². The molecular formula is C64H78F2N6O10. The van der Waals surface area contributed by atoms with Crippen molar-refractivity contribution in [3.05, 3.63) is 203 Å². The van der Waals surface area contributed by atoms with E-state index in [1.165, 1.54) is 34.1 Å². The van der Waals surface area contributed by atoms with Gasteiger partial charge >= 0.3 is 12.2 Å². The molecule has 2 heterocycles. The molecule has 2 aliphatic rings. The number of aliphatic hydroxyl groups is 2. The van der Waals surface area contributed by atoms with Gasteiger partial charge in [-0.2, -0.15) is 0 Å². The lowest BCUT2D eigenvalue weighted by molar-refractivity contribution is -0.150. The van der Waals surface area contributed by atoms with Crippen molar-refractivity contribution < 1.29 is 59.3 Å². The quantitative estimate of drug-likeness (QED) is 0.0581. The van der Waals surface area contributed by atoms with Crippen LogP contribution in [0.15, 0.2) is 158 Å². The van der Waals surface area contributed by atoms with Crippen molar-refractivity contribution in [1.82, 2.24) is 24.5 Å². The molecule has 8 rings (SSSR count). The summed E-state index contributed by atoms with van der Waals surface area (Å²) in [6, 6.07) is 41.4. The third kappa shape index (κ3) is 17.6. The zero-order chi connectivity index (χ0) is 59.3. The molecule has 438 valence electrons. The molecule has 6 atom stereocenters. The first-order valence-electron chi connectivity index (χ1n) is 27.5. The molecule has 4 amide bonds. The lowest BCUT2D eigenvalue weighted by atomic mass is 9.91. The molecule has 0 bridgehead atoms. The van der Waals surface area contributed by atoms with Crippen molar-refractivity contribution in [2.45, 2.75) is 128 Å².